The van der Waals surface area contributed by atoms with E-state index in [2.05, 4.69) is 26.1 Å². The molecule has 22 heavy (non-hydrogen) atoms. The van der Waals surface area contributed by atoms with Crippen LogP contribution >= 0.6 is 27.7 Å². The summed E-state index contributed by atoms with van der Waals surface area (Å²) >= 11 is 4.95. The Morgan fingerprint density at radius 1 is 1.41 bits per heavy atom. The summed E-state index contributed by atoms with van der Waals surface area (Å²) in [5, 5.41) is 7.25. The molecule has 2 aromatic rings. The molecule has 0 aliphatic carbocycles. The molecule has 1 N–H and O–H groups in total. The van der Waals surface area contributed by atoms with E-state index in [-0.39, 0.29) is 5.69 Å². The fourth-order valence-corrected chi connectivity index (χ4v) is 3.34. The summed E-state index contributed by atoms with van der Waals surface area (Å²) in [7, 11) is 3.29. The van der Waals surface area contributed by atoms with Gasteiger partial charge in [-0.3, -0.25) is 4.57 Å². The van der Waals surface area contributed by atoms with Crippen molar-refractivity contribution in [2.75, 3.05) is 20.8 Å². The highest BCUT2D eigenvalue weighted by atomic mass is 79.9. The smallest absolute Gasteiger partial charge is 0.343 e. The Bertz CT molecular complexity index is 672. The Balaban J connectivity index is 2.09. The van der Waals surface area contributed by atoms with Gasteiger partial charge in [0.1, 0.15) is 5.75 Å². The van der Waals surface area contributed by atoms with E-state index in [9.17, 15) is 4.79 Å². The number of nitrogens with zero attached hydrogens (tertiary/aromatic N) is 2. The average Bonchev–Trinajstić information content (AvgIpc) is 2.86. The van der Waals surface area contributed by atoms with Gasteiger partial charge in [0.05, 0.1) is 7.11 Å². The molecule has 1 aromatic carbocycles. The Kier molecular flexibility index (Phi) is 6.53. The topological polar surface area (TPSA) is 69.1 Å². The second-order valence-electron chi connectivity index (χ2n) is 4.55. The molecule has 0 radical (unpaired) electrons. The first-order chi connectivity index (χ1) is 10.7. The molecule has 1 aromatic heterocycles. The van der Waals surface area contributed by atoms with Gasteiger partial charge in [-0.1, -0.05) is 27.7 Å². The number of aromatic amines is 1. The first-order valence-corrected chi connectivity index (χ1v) is 8.53. The minimum absolute atomic E-state index is 0.195. The minimum atomic E-state index is -0.195. The minimum Gasteiger partial charge on any atom is -0.496 e. The normalized spacial score (nSPS) is 10.9. The van der Waals surface area contributed by atoms with Crippen LogP contribution in [0, 0.1) is 0 Å². The maximum absolute atomic E-state index is 11.8. The van der Waals surface area contributed by atoms with Gasteiger partial charge < -0.3 is 9.47 Å². The van der Waals surface area contributed by atoms with Crippen molar-refractivity contribution in [2.45, 2.75) is 23.9 Å². The number of methoxy groups -OCH3 is 2. The average molecular weight is 388 g/mol. The number of H-pyrrole nitrogens is 1. The maximum atomic E-state index is 11.8. The third-order valence-electron chi connectivity index (χ3n) is 3.05. The number of aromatic nitrogens is 3. The summed E-state index contributed by atoms with van der Waals surface area (Å²) in [5.41, 5.74) is 0.848. The quantitative estimate of drug-likeness (QED) is 0.556. The molecule has 8 heteroatoms. The fraction of sp³-hybridized carbons (Fsp3) is 0.429. The van der Waals surface area contributed by atoms with Crippen LogP contribution in [-0.2, 0) is 17.0 Å². The van der Waals surface area contributed by atoms with Crippen molar-refractivity contribution >= 4 is 27.7 Å². The van der Waals surface area contributed by atoms with Crippen molar-refractivity contribution in [2.24, 2.45) is 0 Å². The Hall–Kier alpha value is -1.25. The highest BCUT2D eigenvalue weighted by molar-refractivity contribution is 9.10. The summed E-state index contributed by atoms with van der Waals surface area (Å²) in [6.07, 6.45) is 0.768. The lowest BCUT2D eigenvalue weighted by atomic mass is 10.2. The van der Waals surface area contributed by atoms with Crippen LogP contribution < -0.4 is 10.4 Å². The molecule has 0 amide bonds. The van der Waals surface area contributed by atoms with E-state index in [1.807, 2.05) is 18.2 Å². The number of benzene rings is 1. The number of hydrogen-bond donors (Lipinski definition) is 1. The fourth-order valence-electron chi connectivity index (χ4n) is 1.98. The van der Waals surface area contributed by atoms with Crippen LogP contribution in [0.25, 0.3) is 0 Å². The second kappa shape index (κ2) is 8.40. The number of rotatable bonds is 8. The van der Waals surface area contributed by atoms with E-state index < -0.39 is 0 Å². The third kappa shape index (κ3) is 4.37. The summed E-state index contributed by atoms with van der Waals surface area (Å²) in [4.78, 5) is 11.8. The van der Waals surface area contributed by atoms with Crippen molar-refractivity contribution in [1.82, 2.24) is 14.8 Å². The van der Waals surface area contributed by atoms with Crippen molar-refractivity contribution < 1.29 is 9.47 Å². The highest BCUT2D eigenvalue weighted by Crippen LogP contribution is 2.29. The number of hydrogen-bond acceptors (Lipinski definition) is 5. The number of nitrogens with one attached hydrogen (secondary N) is 1. The van der Waals surface area contributed by atoms with Crippen molar-refractivity contribution in [3.63, 3.8) is 0 Å². The number of ether oxygens (including phenoxy) is 2. The summed E-state index contributed by atoms with van der Waals surface area (Å²) in [6, 6.07) is 5.85. The van der Waals surface area contributed by atoms with Crippen LogP contribution in [0.5, 0.6) is 5.75 Å². The predicted octanol–water partition coefficient (Wildman–Crippen LogP) is 2.67. The Morgan fingerprint density at radius 2 is 2.23 bits per heavy atom. The van der Waals surface area contributed by atoms with Crippen LogP contribution in [0.1, 0.15) is 12.0 Å². The monoisotopic (exact) mass is 387 g/mol. The third-order valence-corrected chi connectivity index (χ3v) is 4.57. The number of thioether (sulfide) groups is 1. The summed E-state index contributed by atoms with van der Waals surface area (Å²) in [5.74, 6) is 1.48. The van der Waals surface area contributed by atoms with Crippen LogP contribution in [0.3, 0.4) is 0 Å². The van der Waals surface area contributed by atoms with E-state index in [0.717, 1.165) is 22.2 Å². The van der Waals surface area contributed by atoms with E-state index in [1.165, 1.54) is 11.8 Å². The molecule has 0 aliphatic rings. The zero-order chi connectivity index (χ0) is 15.9. The van der Waals surface area contributed by atoms with Gasteiger partial charge in [-0.2, -0.15) is 0 Å². The lowest BCUT2D eigenvalue weighted by Crippen LogP contribution is -2.18. The van der Waals surface area contributed by atoms with Crippen LogP contribution in [-0.4, -0.2) is 35.6 Å². The molecule has 120 valence electrons. The molecular weight excluding hydrogens is 370 g/mol. The van der Waals surface area contributed by atoms with E-state index in [0.29, 0.717) is 24.1 Å². The molecule has 1 heterocycles. The van der Waals surface area contributed by atoms with Gasteiger partial charge in [-0.15, -0.1) is 5.10 Å². The van der Waals surface area contributed by atoms with Crippen LogP contribution in [0.4, 0.5) is 0 Å². The molecule has 2 rings (SSSR count). The standard InChI is InChI=1S/C14H18BrN3O3S/c1-20-7-3-6-18-13(19)16-17-14(18)22-9-10-8-11(15)4-5-12(10)21-2/h4-5,8H,3,6-7,9H2,1-2H3,(H,16,19). The van der Waals surface area contributed by atoms with E-state index in [4.69, 9.17) is 9.47 Å². The van der Waals surface area contributed by atoms with Crippen LogP contribution in [0.15, 0.2) is 32.6 Å². The van der Waals surface area contributed by atoms with E-state index >= 15 is 0 Å². The molecule has 0 unspecified atom stereocenters. The lowest BCUT2D eigenvalue weighted by molar-refractivity contribution is 0.189. The van der Waals surface area contributed by atoms with Gasteiger partial charge in [0.15, 0.2) is 5.16 Å². The second-order valence-corrected chi connectivity index (χ2v) is 6.41. The molecule has 0 saturated carbocycles. The zero-order valence-corrected chi connectivity index (χ0v) is 14.9. The van der Waals surface area contributed by atoms with Gasteiger partial charge in [0.2, 0.25) is 0 Å². The van der Waals surface area contributed by atoms with Crippen molar-refractivity contribution in [1.29, 1.82) is 0 Å². The molecule has 0 bridgehead atoms. The molecule has 6 nitrogen and oxygen atoms in total. The van der Waals surface area contributed by atoms with E-state index in [1.54, 1.807) is 18.8 Å². The van der Waals surface area contributed by atoms with Gasteiger partial charge in [0.25, 0.3) is 0 Å². The van der Waals surface area contributed by atoms with Crippen molar-refractivity contribution in [3.8, 4) is 5.75 Å². The predicted molar refractivity (Wildman–Crippen MR) is 89.6 cm³/mol. The molecule has 0 aliphatic heterocycles. The maximum Gasteiger partial charge on any atom is 0.343 e. The first-order valence-electron chi connectivity index (χ1n) is 6.75. The largest absolute Gasteiger partial charge is 0.496 e. The molecule has 0 fully saturated rings. The SMILES string of the molecule is COCCCn1c(SCc2cc(Br)ccc2OC)n[nH]c1=O. The Morgan fingerprint density at radius 3 is 2.95 bits per heavy atom. The molecular formula is C14H18BrN3O3S. The number of halogens is 1. The van der Waals surface area contributed by atoms with Gasteiger partial charge in [-0.25, -0.2) is 9.89 Å². The first kappa shape index (κ1) is 17.1. The Labute approximate surface area is 141 Å². The van der Waals surface area contributed by atoms with Gasteiger partial charge >= 0.3 is 5.69 Å². The lowest BCUT2D eigenvalue weighted by Gasteiger charge is -2.09. The van der Waals surface area contributed by atoms with Gasteiger partial charge in [0, 0.05) is 36.1 Å². The zero-order valence-electron chi connectivity index (χ0n) is 12.5. The molecule has 0 atom stereocenters. The van der Waals surface area contributed by atoms with Crippen molar-refractivity contribution in [3.05, 3.63) is 38.7 Å². The molecule has 0 saturated heterocycles. The highest BCUT2D eigenvalue weighted by Gasteiger charge is 2.11. The summed E-state index contributed by atoms with van der Waals surface area (Å²) in [6.45, 7) is 1.20. The molecule has 0 spiro atoms. The van der Waals surface area contributed by atoms with Gasteiger partial charge in [-0.05, 0) is 24.6 Å². The van der Waals surface area contributed by atoms with Crippen LogP contribution in [0.2, 0.25) is 0 Å². The summed E-state index contributed by atoms with van der Waals surface area (Å²) < 4.78 is 13.0.